The number of imidazole rings is 1. The average molecular weight is 460 g/mol. The highest BCUT2D eigenvalue weighted by Crippen LogP contribution is 2.25. The lowest BCUT2D eigenvalue weighted by Crippen LogP contribution is -2.48. The Morgan fingerprint density at radius 3 is 2.74 bits per heavy atom. The van der Waals surface area contributed by atoms with E-state index in [1.54, 1.807) is 4.68 Å². The Morgan fingerprint density at radius 1 is 1.12 bits per heavy atom. The van der Waals surface area contributed by atoms with Gasteiger partial charge in [0.25, 0.3) is 11.9 Å². The van der Waals surface area contributed by atoms with Gasteiger partial charge in [-0.2, -0.15) is 15.1 Å². The summed E-state index contributed by atoms with van der Waals surface area (Å²) in [7, 11) is 0. The van der Waals surface area contributed by atoms with Crippen molar-refractivity contribution in [3.8, 4) is 17.2 Å². The Labute approximate surface area is 195 Å². The third-order valence-electron chi connectivity index (χ3n) is 5.93. The molecule has 2 aliphatic heterocycles. The molecule has 4 aromatic rings. The number of carbonyl (C=O) groups is 1. The number of rotatable bonds is 5. The Kier molecular flexibility index (Phi) is 5.19. The fraction of sp³-hybridized carbons (Fsp3) is 0.348. The zero-order valence-corrected chi connectivity index (χ0v) is 18.7. The predicted octanol–water partition coefficient (Wildman–Crippen LogP) is 1.48. The molecule has 0 aliphatic carbocycles. The summed E-state index contributed by atoms with van der Waals surface area (Å²) in [5, 5.41) is 7.61. The molecule has 0 bridgehead atoms. The Morgan fingerprint density at radius 2 is 1.97 bits per heavy atom. The van der Waals surface area contributed by atoms with E-state index in [0.29, 0.717) is 62.4 Å². The van der Waals surface area contributed by atoms with Crippen LogP contribution in [0.25, 0.3) is 28.4 Å². The molecule has 174 valence electrons. The maximum Gasteiger partial charge on any atom is 0.287 e. The number of aryl methyl sites for hydroxylation is 1. The Bertz CT molecular complexity index is 1350. The fourth-order valence-electron chi connectivity index (χ4n) is 4.05. The average Bonchev–Trinajstić information content (AvgIpc) is 3.49. The van der Waals surface area contributed by atoms with Gasteiger partial charge in [0.05, 0.1) is 38.2 Å². The lowest BCUT2D eigenvalue weighted by molar-refractivity contribution is -0.00362. The van der Waals surface area contributed by atoms with Crippen molar-refractivity contribution in [2.24, 2.45) is 0 Å². The maximum absolute atomic E-state index is 12.7. The number of nitrogens with zero attached hydrogens (tertiary/aromatic N) is 6. The van der Waals surface area contributed by atoms with Crippen LogP contribution in [-0.4, -0.2) is 81.2 Å². The van der Waals surface area contributed by atoms with E-state index in [2.05, 4.69) is 44.2 Å². The van der Waals surface area contributed by atoms with Crippen LogP contribution >= 0.6 is 0 Å². The van der Waals surface area contributed by atoms with Crippen molar-refractivity contribution in [1.29, 1.82) is 0 Å². The van der Waals surface area contributed by atoms with Gasteiger partial charge in [0.15, 0.2) is 17.3 Å². The molecule has 6 rings (SSSR count). The molecule has 11 nitrogen and oxygen atoms in total. The second kappa shape index (κ2) is 8.50. The molecule has 0 spiro atoms. The zero-order valence-electron chi connectivity index (χ0n) is 18.7. The van der Waals surface area contributed by atoms with E-state index >= 15 is 0 Å². The smallest absolute Gasteiger partial charge is 0.287 e. The Hall–Kier alpha value is -3.83. The highest BCUT2D eigenvalue weighted by Gasteiger charge is 2.25. The van der Waals surface area contributed by atoms with Gasteiger partial charge in [0.2, 0.25) is 0 Å². The number of aromatic amines is 1. The van der Waals surface area contributed by atoms with E-state index < -0.39 is 0 Å². The van der Waals surface area contributed by atoms with Gasteiger partial charge in [-0.05, 0) is 19.1 Å². The standard InChI is InChI=1S/C23H24N8O3/c1-14-3-2-4-15(11-14)17-5-6-31(29-17)23-27-19-18(21(28-23)30-7-9-33-10-8-30)25-20(26-19)22(32)24-16-12-34-13-16/h2-6,11,16H,7-10,12-13H2,1H3,(H,24,32)(H,25,26,27,28). The van der Waals surface area contributed by atoms with E-state index in [9.17, 15) is 4.79 Å². The van der Waals surface area contributed by atoms with Gasteiger partial charge in [-0.3, -0.25) is 4.79 Å². The number of carbonyl (C=O) groups excluding carboxylic acids is 1. The van der Waals surface area contributed by atoms with Crippen LogP contribution in [0.1, 0.15) is 16.2 Å². The van der Waals surface area contributed by atoms with Crippen LogP contribution in [0, 0.1) is 6.92 Å². The number of benzene rings is 1. The van der Waals surface area contributed by atoms with Crippen LogP contribution in [0.2, 0.25) is 0 Å². The van der Waals surface area contributed by atoms with E-state index in [-0.39, 0.29) is 17.8 Å². The van der Waals surface area contributed by atoms with Crippen LogP contribution in [0.15, 0.2) is 36.5 Å². The second-order valence-electron chi connectivity index (χ2n) is 8.45. The summed E-state index contributed by atoms with van der Waals surface area (Å²) in [6.45, 7) is 5.63. The first kappa shape index (κ1) is 20.8. The minimum atomic E-state index is -0.290. The van der Waals surface area contributed by atoms with Gasteiger partial charge in [0, 0.05) is 24.8 Å². The minimum absolute atomic E-state index is 0.00481. The molecule has 2 fully saturated rings. The van der Waals surface area contributed by atoms with Gasteiger partial charge in [-0.15, -0.1) is 0 Å². The van der Waals surface area contributed by atoms with E-state index in [1.165, 1.54) is 0 Å². The molecule has 5 heterocycles. The number of hydrogen-bond donors (Lipinski definition) is 2. The fourth-order valence-corrected chi connectivity index (χ4v) is 4.05. The maximum atomic E-state index is 12.7. The number of fused-ring (bicyclic) bond motifs is 1. The summed E-state index contributed by atoms with van der Waals surface area (Å²) in [5.74, 6) is 0.971. The molecule has 0 unspecified atom stereocenters. The number of H-pyrrole nitrogens is 1. The van der Waals surface area contributed by atoms with Crippen molar-refractivity contribution < 1.29 is 14.3 Å². The molecule has 3 aromatic heterocycles. The summed E-state index contributed by atoms with van der Waals surface area (Å²) < 4.78 is 12.3. The molecule has 0 saturated carbocycles. The van der Waals surface area contributed by atoms with Crippen LogP contribution in [0.5, 0.6) is 0 Å². The van der Waals surface area contributed by atoms with Gasteiger partial charge in [-0.1, -0.05) is 23.8 Å². The van der Waals surface area contributed by atoms with Crippen molar-refractivity contribution in [2.75, 3.05) is 44.4 Å². The first-order chi connectivity index (χ1) is 16.6. The monoisotopic (exact) mass is 460 g/mol. The van der Waals surface area contributed by atoms with Gasteiger partial charge < -0.3 is 24.7 Å². The zero-order chi connectivity index (χ0) is 23.1. The summed E-state index contributed by atoms with van der Waals surface area (Å²) in [5.41, 5.74) is 4.04. The second-order valence-corrected chi connectivity index (χ2v) is 8.45. The van der Waals surface area contributed by atoms with Crippen molar-refractivity contribution in [2.45, 2.75) is 13.0 Å². The number of ether oxygens (including phenoxy) is 2. The lowest BCUT2D eigenvalue weighted by atomic mass is 10.1. The molecule has 2 aliphatic rings. The van der Waals surface area contributed by atoms with E-state index in [4.69, 9.17) is 19.6 Å². The van der Waals surface area contributed by atoms with Gasteiger partial charge in [-0.25, -0.2) is 9.67 Å². The molecule has 1 aromatic carbocycles. The van der Waals surface area contributed by atoms with Crippen molar-refractivity contribution in [3.05, 3.63) is 47.9 Å². The molecule has 2 N–H and O–H groups in total. The quantitative estimate of drug-likeness (QED) is 0.459. The first-order valence-corrected chi connectivity index (χ1v) is 11.3. The molecule has 1 amide bonds. The first-order valence-electron chi connectivity index (χ1n) is 11.3. The van der Waals surface area contributed by atoms with E-state index in [0.717, 1.165) is 16.8 Å². The topological polar surface area (TPSA) is 123 Å². The normalized spacial score (nSPS) is 16.6. The van der Waals surface area contributed by atoms with Crippen LogP contribution in [-0.2, 0) is 9.47 Å². The van der Waals surface area contributed by atoms with Gasteiger partial charge in [0.1, 0.15) is 5.52 Å². The third-order valence-corrected chi connectivity index (χ3v) is 5.93. The van der Waals surface area contributed by atoms with Crippen LogP contribution < -0.4 is 10.2 Å². The van der Waals surface area contributed by atoms with Crippen molar-refractivity contribution >= 4 is 22.9 Å². The summed E-state index contributed by atoms with van der Waals surface area (Å²) in [6.07, 6.45) is 1.83. The SMILES string of the molecule is Cc1cccc(-c2ccn(-c3nc(N4CCOCC4)c4[nH]c(C(=O)NC5COC5)nc4n3)n2)c1. The molecule has 11 heteroatoms. The number of anilines is 1. The van der Waals surface area contributed by atoms with Crippen LogP contribution in [0.4, 0.5) is 5.82 Å². The molecule has 2 saturated heterocycles. The highest BCUT2D eigenvalue weighted by molar-refractivity contribution is 5.96. The summed E-state index contributed by atoms with van der Waals surface area (Å²) >= 11 is 0. The van der Waals surface area contributed by atoms with Crippen LogP contribution in [0.3, 0.4) is 0 Å². The summed E-state index contributed by atoms with van der Waals surface area (Å²) in [4.78, 5) is 31.9. The third kappa shape index (κ3) is 3.88. The van der Waals surface area contributed by atoms with Crippen molar-refractivity contribution in [3.63, 3.8) is 0 Å². The Balaban J connectivity index is 1.40. The minimum Gasteiger partial charge on any atom is -0.378 e. The number of nitrogens with one attached hydrogen (secondary N) is 2. The van der Waals surface area contributed by atoms with E-state index in [1.807, 2.05) is 24.4 Å². The lowest BCUT2D eigenvalue weighted by Gasteiger charge is -2.28. The van der Waals surface area contributed by atoms with Gasteiger partial charge >= 0.3 is 0 Å². The largest absolute Gasteiger partial charge is 0.378 e. The molecule has 0 atom stereocenters. The highest BCUT2D eigenvalue weighted by atomic mass is 16.5. The van der Waals surface area contributed by atoms with Crippen molar-refractivity contribution in [1.82, 2.24) is 35.0 Å². The summed E-state index contributed by atoms with van der Waals surface area (Å²) in [6, 6.07) is 10.1. The molecule has 34 heavy (non-hydrogen) atoms. The molecular weight excluding hydrogens is 436 g/mol. The number of hydrogen-bond acceptors (Lipinski definition) is 8. The molecular formula is C23H24N8O3. The number of amides is 1. The predicted molar refractivity (Wildman–Crippen MR) is 124 cm³/mol. The molecule has 0 radical (unpaired) electrons. The number of aromatic nitrogens is 6. The number of morpholine rings is 1.